The molecule has 29 heavy (non-hydrogen) atoms. The molecular formula is C21H26N4O4. The first-order valence-corrected chi connectivity index (χ1v) is 9.98. The Labute approximate surface area is 169 Å². The minimum Gasteiger partial charge on any atom is -0.393 e. The van der Waals surface area contributed by atoms with Gasteiger partial charge in [0.05, 0.1) is 23.2 Å². The van der Waals surface area contributed by atoms with E-state index in [9.17, 15) is 14.7 Å². The van der Waals surface area contributed by atoms with Crippen LogP contribution in [0.15, 0.2) is 22.7 Å². The van der Waals surface area contributed by atoms with Crippen LogP contribution in [0.1, 0.15) is 43.6 Å². The highest BCUT2D eigenvalue weighted by Gasteiger charge is 2.36. The van der Waals surface area contributed by atoms with Gasteiger partial charge in [0, 0.05) is 18.0 Å². The molecule has 1 saturated heterocycles. The van der Waals surface area contributed by atoms with E-state index < -0.39 is 11.9 Å². The van der Waals surface area contributed by atoms with Crippen molar-refractivity contribution in [3.63, 3.8) is 0 Å². The Morgan fingerprint density at radius 3 is 2.72 bits per heavy atom. The first-order chi connectivity index (χ1) is 13.8. The number of aryl methyl sites for hydroxylation is 2. The van der Waals surface area contributed by atoms with Crippen LogP contribution >= 0.6 is 0 Å². The fourth-order valence-electron chi connectivity index (χ4n) is 4.27. The van der Waals surface area contributed by atoms with Crippen molar-refractivity contribution in [1.82, 2.24) is 5.16 Å². The van der Waals surface area contributed by atoms with Crippen molar-refractivity contribution in [3.05, 3.63) is 29.7 Å². The Balaban J connectivity index is 1.80. The van der Waals surface area contributed by atoms with Crippen molar-refractivity contribution in [1.29, 1.82) is 0 Å². The minimum atomic E-state index is -0.677. The molecule has 4 N–H and O–H groups in total. The van der Waals surface area contributed by atoms with Crippen LogP contribution in [0.3, 0.4) is 0 Å². The zero-order chi connectivity index (χ0) is 20.7. The predicted molar refractivity (Wildman–Crippen MR) is 108 cm³/mol. The summed E-state index contributed by atoms with van der Waals surface area (Å²) in [6.45, 7) is 3.71. The van der Waals surface area contributed by atoms with Gasteiger partial charge in [-0.25, -0.2) is 0 Å². The molecule has 2 amide bonds. The third kappa shape index (κ3) is 3.60. The normalized spacial score (nSPS) is 24.3. The Morgan fingerprint density at radius 2 is 2.10 bits per heavy atom. The number of aliphatic hydroxyl groups is 1. The van der Waals surface area contributed by atoms with Crippen LogP contribution in [0.25, 0.3) is 11.1 Å². The maximum Gasteiger partial charge on any atom is 0.240 e. The van der Waals surface area contributed by atoms with Crippen LogP contribution in [0, 0.1) is 13.8 Å². The van der Waals surface area contributed by atoms with Gasteiger partial charge in [-0.05, 0) is 57.2 Å². The Bertz CT molecular complexity index is 929. The Hall–Kier alpha value is -2.87. The van der Waals surface area contributed by atoms with E-state index in [1.54, 1.807) is 0 Å². The summed E-state index contributed by atoms with van der Waals surface area (Å²) < 4.78 is 5.30. The largest absolute Gasteiger partial charge is 0.393 e. The first-order valence-electron chi connectivity index (χ1n) is 9.98. The number of nitrogens with zero attached hydrogens (tertiary/aromatic N) is 2. The number of benzene rings is 1. The van der Waals surface area contributed by atoms with Crippen molar-refractivity contribution in [2.45, 2.75) is 64.1 Å². The van der Waals surface area contributed by atoms with Gasteiger partial charge < -0.3 is 20.7 Å². The topological polar surface area (TPSA) is 122 Å². The summed E-state index contributed by atoms with van der Waals surface area (Å²) in [5.74, 6) is 0.0613. The highest BCUT2D eigenvalue weighted by molar-refractivity contribution is 6.04. The number of nitrogens with two attached hydrogens (primary N) is 1. The van der Waals surface area contributed by atoms with Crippen LogP contribution in [0.2, 0.25) is 0 Å². The molecule has 8 nitrogen and oxygen atoms in total. The summed E-state index contributed by atoms with van der Waals surface area (Å²) in [5, 5.41) is 17.1. The van der Waals surface area contributed by atoms with Gasteiger partial charge in [-0.15, -0.1) is 0 Å². The van der Waals surface area contributed by atoms with Gasteiger partial charge in [-0.3, -0.25) is 14.5 Å². The van der Waals surface area contributed by atoms with Crippen LogP contribution in [-0.4, -0.2) is 40.3 Å². The summed E-state index contributed by atoms with van der Waals surface area (Å²) in [7, 11) is 0. The number of hydrogen-bond acceptors (Lipinski definition) is 6. The molecule has 0 bridgehead atoms. The number of hydrogen-bond donors (Lipinski definition) is 3. The smallest absolute Gasteiger partial charge is 0.240 e. The fourth-order valence-corrected chi connectivity index (χ4v) is 4.27. The number of piperidine rings is 1. The maximum absolute atomic E-state index is 12.8. The van der Waals surface area contributed by atoms with Gasteiger partial charge in [0.1, 0.15) is 11.8 Å². The van der Waals surface area contributed by atoms with Gasteiger partial charge in [0.15, 0.2) is 0 Å². The molecule has 0 unspecified atom stereocenters. The average molecular weight is 398 g/mol. The van der Waals surface area contributed by atoms with E-state index in [4.69, 9.17) is 10.3 Å². The van der Waals surface area contributed by atoms with Crippen molar-refractivity contribution in [2.75, 3.05) is 10.2 Å². The number of aromatic nitrogens is 1. The van der Waals surface area contributed by atoms with Crippen molar-refractivity contribution >= 4 is 23.2 Å². The van der Waals surface area contributed by atoms with Gasteiger partial charge >= 0.3 is 0 Å². The standard InChI is InChI=1S/C21H26N4O4/c1-11-20(12(2)29-24-11)13-6-7-16(23-14-9-15(26)10-14)18(8-13)25-17(21(22)28)4-3-5-19(25)27/h6-8,14-15,17,23,26H,3-5,9-10H2,1-2H3,(H2,22,28)/t14?,15?,17-/m0/s1. The van der Waals surface area contributed by atoms with Crippen LogP contribution in [0.4, 0.5) is 11.4 Å². The van der Waals surface area contributed by atoms with Gasteiger partial charge in [-0.2, -0.15) is 0 Å². The van der Waals surface area contributed by atoms with Crippen LogP contribution < -0.4 is 16.0 Å². The molecule has 4 rings (SSSR count). The van der Waals surface area contributed by atoms with Gasteiger partial charge in [0.2, 0.25) is 11.8 Å². The summed E-state index contributed by atoms with van der Waals surface area (Å²) in [6, 6.07) is 5.19. The molecule has 1 atom stereocenters. The molecule has 2 fully saturated rings. The summed E-state index contributed by atoms with van der Waals surface area (Å²) in [6.07, 6.45) is 2.56. The highest BCUT2D eigenvalue weighted by Crippen LogP contribution is 2.39. The van der Waals surface area contributed by atoms with Crippen molar-refractivity contribution < 1.29 is 19.2 Å². The lowest BCUT2D eigenvalue weighted by atomic mass is 9.89. The molecule has 0 radical (unpaired) electrons. The molecule has 1 aromatic carbocycles. The molecule has 2 heterocycles. The van der Waals surface area contributed by atoms with Crippen molar-refractivity contribution in [3.8, 4) is 11.1 Å². The van der Waals surface area contributed by atoms with Crippen molar-refractivity contribution in [2.24, 2.45) is 5.73 Å². The molecule has 154 valence electrons. The second-order valence-electron chi connectivity index (χ2n) is 7.97. The number of anilines is 2. The zero-order valence-electron chi connectivity index (χ0n) is 16.6. The minimum absolute atomic E-state index is 0.118. The molecule has 1 aromatic heterocycles. The zero-order valence-corrected chi connectivity index (χ0v) is 16.6. The number of rotatable bonds is 5. The number of aliphatic hydroxyl groups excluding tert-OH is 1. The van der Waals surface area contributed by atoms with E-state index in [-0.39, 0.29) is 18.1 Å². The van der Waals surface area contributed by atoms with Gasteiger partial charge in [0.25, 0.3) is 0 Å². The second kappa shape index (κ2) is 7.51. The number of carbonyl (C=O) groups is 2. The Morgan fingerprint density at radius 1 is 1.34 bits per heavy atom. The molecule has 1 saturated carbocycles. The number of primary amides is 1. The van der Waals surface area contributed by atoms with E-state index in [1.807, 2.05) is 32.0 Å². The molecule has 8 heteroatoms. The SMILES string of the molecule is Cc1noc(C)c1-c1ccc(NC2CC(O)C2)c(N2C(=O)CCC[C@H]2C(N)=O)c1. The lowest BCUT2D eigenvalue weighted by Gasteiger charge is -2.38. The molecule has 2 aliphatic rings. The number of amides is 2. The summed E-state index contributed by atoms with van der Waals surface area (Å²) >= 11 is 0. The lowest BCUT2D eigenvalue weighted by Crippen LogP contribution is -2.51. The molecule has 0 spiro atoms. The molecular weight excluding hydrogens is 372 g/mol. The fraction of sp³-hybridized carbons (Fsp3) is 0.476. The summed E-state index contributed by atoms with van der Waals surface area (Å²) in [4.78, 5) is 26.5. The van der Waals surface area contributed by atoms with E-state index >= 15 is 0 Å². The highest BCUT2D eigenvalue weighted by atomic mass is 16.5. The molecule has 1 aliphatic heterocycles. The average Bonchev–Trinajstić information content (AvgIpc) is 2.99. The summed E-state index contributed by atoms with van der Waals surface area (Å²) in [5.41, 5.74) is 9.49. The molecule has 2 aromatic rings. The third-order valence-electron chi connectivity index (χ3n) is 5.83. The lowest BCUT2D eigenvalue weighted by molar-refractivity contribution is -0.126. The monoisotopic (exact) mass is 398 g/mol. The quantitative estimate of drug-likeness (QED) is 0.710. The predicted octanol–water partition coefficient (Wildman–Crippen LogP) is 2.26. The van der Waals surface area contributed by atoms with E-state index in [0.717, 1.165) is 22.5 Å². The van der Waals surface area contributed by atoms with E-state index in [2.05, 4.69) is 10.5 Å². The first kappa shape index (κ1) is 19.4. The van der Waals surface area contributed by atoms with Crippen LogP contribution in [0.5, 0.6) is 0 Å². The van der Waals surface area contributed by atoms with E-state index in [1.165, 1.54) is 4.90 Å². The maximum atomic E-state index is 12.8. The third-order valence-corrected chi connectivity index (χ3v) is 5.83. The van der Waals surface area contributed by atoms with Gasteiger partial charge in [-0.1, -0.05) is 11.2 Å². The van der Waals surface area contributed by atoms with Crippen LogP contribution in [-0.2, 0) is 9.59 Å². The number of carbonyl (C=O) groups excluding carboxylic acids is 2. The number of nitrogens with one attached hydrogen (secondary N) is 1. The molecule has 1 aliphatic carbocycles. The Kier molecular flexibility index (Phi) is 5.04. The van der Waals surface area contributed by atoms with E-state index in [0.29, 0.717) is 43.6 Å². The second-order valence-corrected chi connectivity index (χ2v) is 7.97.